The first-order valence-electron chi connectivity index (χ1n) is 8.11. The topological polar surface area (TPSA) is 71.8 Å². The minimum Gasteiger partial charge on any atom is -0.495 e. The Kier molecular flexibility index (Phi) is 6.11. The monoisotopic (exact) mass is 380 g/mol. The van der Waals surface area contributed by atoms with E-state index in [0.29, 0.717) is 10.9 Å². The lowest BCUT2D eigenvalue weighted by Gasteiger charge is -2.29. The van der Waals surface area contributed by atoms with E-state index < -0.39 is 0 Å². The molecule has 0 unspecified atom stereocenters. The Bertz CT molecular complexity index is 716. The van der Waals surface area contributed by atoms with Crippen molar-refractivity contribution < 1.29 is 14.4 Å². The van der Waals surface area contributed by atoms with E-state index in [2.05, 4.69) is 22.6 Å². The molecule has 7 nitrogen and oxygen atoms in total. The van der Waals surface area contributed by atoms with Crippen molar-refractivity contribution in [2.24, 2.45) is 0 Å². The SMILES string of the molecule is COc1ccccc1Nc1nnc(SCC(=O)N2CC[NH+](C)CC2)s1. The molecule has 0 atom stereocenters. The van der Waals surface area contributed by atoms with Gasteiger partial charge in [-0.2, -0.15) is 0 Å². The van der Waals surface area contributed by atoms with Crippen LogP contribution in [0.5, 0.6) is 5.75 Å². The van der Waals surface area contributed by atoms with E-state index in [0.717, 1.165) is 42.0 Å². The standard InChI is InChI=1S/C16H21N5O2S2/c1-20-7-9-21(10-8-20)14(22)11-24-16-19-18-15(25-16)17-12-5-3-4-6-13(12)23-2/h3-6H,7-11H2,1-2H3,(H,17,18)/p+1. The molecular formula is C16H22N5O2S2+. The number of likely N-dealkylation sites (N-methyl/N-ethyl adjacent to an activating group) is 1. The summed E-state index contributed by atoms with van der Waals surface area (Å²) in [5.74, 6) is 1.33. The molecule has 2 heterocycles. The van der Waals surface area contributed by atoms with E-state index >= 15 is 0 Å². The second kappa shape index (κ2) is 8.50. The van der Waals surface area contributed by atoms with Crippen molar-refractivity contribution in [3.63, 3.8) is 0 Å². The van der Waals surface area contributed by atoms with Crippen LogP contribution in [0.3, 0.4) is 0 Å². The normalized spacial score (nSPS) is 15.2. The molecule has 25 heavy (non-hydrogen) atoms. The predicted molar refractivity (Wildman–Crippen MR) is 100 cm³/mol. The fraction of sp³-hybridized carbons (Fsp3) is 0.438. The van der Waals surface area contributed by atoms with Gasteiger partial charge in [-0.3, -0.25) is 4.79 Å². The first kappa shape index (κ1) is 18.0. The molecule has 2 aromatic rings. The molecule has 1 aliphatic heterocycles. The number of nitrogens with zero attached hydrogens (tertiary/aromatic N) is 3. The van der Waals surface area contributed by atoms with Crippen LogP contribution >= 0.6 is 23.1 Å². The number of piperazine rings is 1. The van der Waals surface area contributed by atoms with Crippen molar-refractivity contribution in [2.45, 2.75) is 4.34 Å². The summed E-state index contributed by atoms with van der Waals surface area (Å²) in [7, 11) is 3.79. The molecule has 1 amide bonds. The molecule has 0 radical (unpaired) electrons. The minimum atomic E-state index is 0.173. The maximum Gasteiger partial charge on any atom is 0.233 e. The number of nitrogens with one attached hydrogen (secondary N) is 2. The van der Waals surface area contributed by atoms with Crippen molar-refractivity contribution >= 4 is 39.8 Å². The first-order valence-corrected chi connectivity index (χ1v) is 9.91. The van der Waals surface area contributed by atoms with Crippen LogP contribution in [0.2, 0.25) is 0 Å². The molecule has 0 saturated carbocycles. The summed E-state index contributed by atoms with van der Waals surface area (Å²) < 4.78 is 6.10. The Labute approximate surface area is 155 Å². The zero-order valence-corrected chi connectivity index (χ0v) is 16.0. The van der Waals surface area contributed by atoms with Gasteiger partial charge in [-0.15, -0.1) is 10.2 Å². The number of methoxy groups -OCH3 is 1. The molecule has 1 fully saturated rings. The molecule has 1 saturated heterocycles. The molecular weight excluding hydrogens is 358 g/mol. The average Bonchev–Trinajstić information content (AvgIpc) is 3.08. The summed E-state index contributed by atoms with van der Waals surface area (Å²) >= 11 is 2.88. The number of hydrogen-bond donors (Lipinski definition) is 2. The molecule has 0 aliphatic carbocycles. The van der Waals surface area contributed by atoms with E-state index in [1.165, 1.54) is 28.0 Å². The summed E-state index contributed by atoms with van der Waals surface area (Å²) in [5, 5.41) is 12.2. The Hall–Kier alpha value is -1.84. The average molecular weight is 381 g/mol. The van der Waals surface area contributed by atoms with Gasteiger partial charge in [0, 0.05) is 0 Å². The highest BCUT2D eigenvalue weighted by Crippen LogP contribution is 2.31. The van der Waals surface area contributed by atoms with E-state index in [1.54, 1.807) is 7.11 Å². The van der Waals surface area contributed by atoms with Crippen LogP contribution in [0.15, 0.2) is 28.6 Å². The molecule has 1 aliphatic rings. The number of quaternary nitrogens is 1. The van der Waals surface area contributed by atoms with Gasteiger partial charge < -0.3 is 19.9 Å². The highest BCUT2D eigenvalue weighted by Gasteiger charge is 2.21. The van der Waals surface area contributed by atoms with Crippen LogP contribution in [0.4, 0.5) is 10.8 Å². The Balaban J connectivity index is 1.52. The number of amides is 1. The molecule has 1 aromatic carbocycles. The number of benzene rings is 1. The summed E-state index contributed by atoms with van der Waals surface area (Å²) in [6.07, 6.45) is 0. The number of thioether (sulfide) groups is 1. The van der Waals surface area contributed by atoms with Crippen molar-refractivity contribution in [3.05, 3.63) is 24.3 Å². The quantitative estimate of drug-likeness (QED) is 0.721. The van der Waals surface area contributed by atoms with Gasteiger partial charge >= 0.3 is 0 Å². The van der Waals surface area contributed by atoms with E-state index in [-0.39, 0.29) is 5.91 Å². The van der Waals surface area contributed by atoms with Crippen molar-refractivity contribution in [1.82, 2.24) is 15.1 Å². The highest BCUT2D eigenvalue weighted by atomic mass is 32.2. The van der Waals surface area contributed by atoms with Gasteiger partial charge in [0.25, 0.3) is 0 Å². The van der Waals surface area contributed by atoms with Gasteiger partial charge in [0.1, 0.15) is 5.75 Å². The molecule has 0 bridgehead atoms. The molecule has 134 valence electrons. The zero-order valence-electron chi connectivity index (χ0n) is 14.3. The van der Waals surface area contributed by atoms with Crippen LogP contribution in [-0.4, -0.2) is 67.1 Å². The number of aromatic nitrogens is 2. The Morgan fingerprint density at radius 3 is 2.88 bits per heavy atom. The summed E-state index contributed by atoms with van der Waals surface area (Å²) in [5.41, 5.74) is 0.841. The van der Waals surface area contributed by atoms with Crippen molar-refractivity contribution in [1.29, 1.82) is 0 Å². The highest BCUT2D eigenvalue weighted by molar-refractivity contribution is 8.01. The van der Waals surface area contributed by atoms with Crippen molar-refractivity contribution in [3.8, 4) is 5.75 Å². The van der Waals surface area contributed by atoms with Crippen LogP contribution in [0.25, 0.3) is 0 Å². The van der Waals surface area contributed by atoms with Gasteiger partial charge in [0.15, 0.2) is 4.34 Å². The van der Waals surface area contributed by atoms with E-state index in [1.807, 2.05) is 29.2 Å². The first-order chi connectivity index (χ1) is 12.2. The third-order valence-corrected chi connectivity index (χ3v) is 6.00. The Morgan fingerprint density at radius 1 is 1.36 bits per heavy atom. The number of para-hydroxylation sites is 2. The van der Waals surface area contributed by atoms with Gasteiger partial charge in [-0.05, 0) is 12.1 Å². The van der Waals surface area contributed by atoms with Crippen molar-refractivity contribution in [2.75, 3.05) is 51.4 Å². The molecule has 3 rings (SSSR count). The second-order valence-corrected chi connectivity index (χ2v) is 8.02. The number of ether oxygens (including phenoxy) is 1. The lowest BCUT2D eigenvalue weighted by molar-refractivity contribution is -0.883. The fourth-order valence-corrected chi connectivity index (χ4v) is 4.20. The predicted octanol–water partition coefficient (Wildman–Crippen LogP) is 0.739. The zero-order chi connectivity index (χ0) is 17.6. The molecule has 0 spiro atoms. The molecule has 1 aromatic heterocycles. The smallest absolute Gasteiger partial charge is 0.233 e. The number of anilines is 2. The Morgan fingerprint density at radius 2 is 2.12 bits per heavy atom. The second-order valence-electron chi connectivity index (χ2n) is 5.82. The van der Waals surface area contributed by atoms with E-state index in [4.69, 9.17) is 4.74 Å². The van der Waals surface area contributed by atoms with Gasteiger partial charge in [0.05, 0.1) is 51.8 Å². The lowest BCUT2D eigenvalue weighted by Crippen LogP contribution is -3.12. The fourth-order valence-electron chi connectivity index (χ4n) is 2.53. The summed E-state index contributed by atoms with van der Waals surface area (Å²) in [6, 6.07) is 7.65. The summed E-state index contributed by atoms with van der Waals surface area (Å²) in [6.45, 7) is 3.70. The van der Waals surface area contributed by atoms with Gasteiger partial charge in [0.2, 0.25) is 11.0 Å². The van der Waals surface area contributed by atoms with E-state index in [9.17, 15) is 4.79 Å². The third kappa shape index (κ3) is 4.83. The van der Waals surface area contributed by atoms with Crippen LogP contribution in [0, 0.1) is 0 Å². The maximum absolute atomic E-state index is 12.3. The number of rotatable bonds is 6. The largest absolute Gasteiger partial charge is 0.495 e. The lowest BCUT2D eigenvalue weighted by atomic mass is 10.3. The maximum atomic E-state index is 12.3. The third-order valence-electron chi connectivity index (χ3n) is 4.04. The number of carbonyl (C=O) groups is 1. The minimum absolute atomic E-state index is 0.173. The van der Waals surface area contributed by atoms with Gasteiger partial charge in [-0.25, -0.2) is 0 Å². The van der Waals surface area contributed by atoms with Gasteiger partial charge in [-0.1, -0.05) is 35.2 Å². The molecule has 9 heteroatoms. The van der Waals surface area contributed by atoms with Crippen LogP contribution in [-0.2, 0) is 4.79 Å². The number of hydrogen-bond acceptors (Lipinski definition) is 7. The summed E-state index contributed by atoms with van der Waals surface area (Å²) in [4.78, 5) is 15.7. The van der Waals surface area contributed by atoms with Crippen LogP contribution < -0.4 is 15.0 Å². The van der Waals surface area contributed by atoms with Crippen LogP contribution in [0.1, 0.15) is 0 Å². The number of carbonyl (C=O) groups excluding carboxylic acids is 1. The molecule has 2 N–H and O–H groups in total.